The van der Waals surface area contributed by atoms with Crippen molar-refractivity contribution < 1.29 is 35.4 Å². The van der Waals surface area contributed by atoms with E-state index >= 15 is 0 Å². The van der Waals surface area contributed by atoms with Gasteiger partial charge in [-0.25, -0.2) is 4.57 Å². The van der Waals surface area contributed by atoms with Gasteiger partial charge in [0.2, 0.25) is 0 Å². The molecule has 0 saturated heterocycles. The van der Waals surface area contributed by atoms with E-state index in [9.17, 15) is 9.46 Å². The molecule has 0 saturated carbocycles. The van der Waals surface area contributed by atoms with Crippen LogP contribution in [-0.4, -0.2) is 50.3 Å². The van der Waals surface area contributed by atoms with Crippen molar-refractivity contribution in [2.24, 2.45) is 0 Å². The summed E-state index contributed by atoms with van der Waals surface area (Å²) in [6, 6.07) is 3.91. The molecule has 5 nitrogen and oxygen atoms in total. The third-order valence-electron chi connectivity index (χ3n) is 2.20. The standard InChI is InChI=1S/C11H20NO4PS.ClH/c1-12(2,3)7-9-16-17(13,14)15-8-6-11-5-4-10-18-11;/h4-5,10H,6-9H2,1-3H3;1H. The number of hydrogen-bond donors (Lipinski definition) is 1. The van der Waals surface area contributed by atoms with Gasteiger partial charge in [-0.1, -0.05) is 6.07 Å². The largest absolute Gasteiger partial charge is 1.00 e. The van der Waals surface area contributed by atoms with Crippen LogP contribution in [0, 0.1) is 0 Å². The van der Waals surface area contributed by atoms with Gasteiger partial charge in [-0.15, -0.1) is 11.3 Å². The highest BCUT2D eigenvalue weighted by Gasteiger charge is 2.22. The van der Waals surface area contributed by atoms with Crippen LogP contribution >= 0.6 is 19.2 Å². The Morgan fingerprint density at radius 3 is 2.47 bits per heavy atom. The molecule has 0 aliphatic carbocycles. The van der Waals surface area contributed by atoms with Crippen LogP contribution in [0.1, 0.15) is 4.88 Å². The molecule has 1 atom stereocenters. The first-order valence-electron chi connectivity index (χ1n) is 5.73. The zero-order chi connectivity index (χ0) is 13.6. The van der Waals surface area contributed by atoms with Gasteiger partial charge in [0, 0.05) is 11.3 Å². The number of quaternary nitrogens is 1. The number of likely N-dealkylation sites (N-methyl/N-ethyl adjacent to an activating group) is 1. The summed E-state index contributed by atoms with van der Waals surface area (Å²) in [6.45, 7) is 1.05. The molecule has 0 aliphatic rings. The van der Waals surface area contributed by atoms with Crippen LogP contribution in [0.2, 0.25) is 0 Å². The zero-order valence-electron chi connectivity index (χ0n) is 11.4. The maximum absolute atomic E-state index is 11.5. The second kappa shape index (κ2) is 8.37. The summed E-state index contributed by atoms with van der Waals surface area (Å²) in [5, 5.41) is 1.96. The fourth-order valence-corrected chi connectivity index (χ4v) is 2.58. The van der Waals surface area contributed by atoms with Gasteiger partial charge < -0.3 is 21.8 Å². The minimum Gasteiger partial charge on any atom is -1.00 e. The van der Waals surface area contributed by atoms with Gasteiger partial charge in [0.25, 0.3) is 0 Å². The maximum atomic E-state index is 11.5. The fraction of sp³-hybridized carbons (Fsp3) is 0.636. The molecule has 0 fully saturated rings. The molecule has 0 aromatic carbocycles. The molecule has 0 radical (unpaired) electrons. The molecule has 0 spiro atoms. The first-order valence-corrected chi connectivity index (χ1v) is 8.11. The lowest BCUT2D eigenvalue weighted by molar-refractivity contribution is -0.870. The van der Waals surface area contributed by atoms with Crippen molar-refractivity contribution in [1.29, 1.82) is 0 Å². The van der Waals surface area contributed by atoms with Gasteiger partial charge in [0.15, 0.2) is 0 Å². The van der Waals surface area contributed by atoms with Crippen molar-refractivity contribution >= 4 is 19.2 Å². The van der Waals surface area contributed by atoms with Crippen LogP contribution < -0.4 is 12.4 Å². The van der Waals surface area contributed by atoms with Gasteiger partial charge in [-0.2, -0.15) is 0 Å². The lowest BCUT2D eigenvalue weighted by Gasteiger charge is -2.23. The van der Waals surface area contributed by atoms with Crippen molar-refractivity contribution in [3.8, 4) is 0 Å². The van der Waals surface area contributed by atoms with Gasteiger partial charge in [0.05, 0.1) is 27.7 Å². The second-order valence-electron chi connectivity index (χ2n) is 4.98. The highest BCUT2D eigenvalue weighted by Crippen LogP contribution is 2.43. The summed E-state index contributed by atoms with van der Waals surface area (Å²) < 4.78 is 22.0. The average molecular weight is 330 g/mol. The number of halogens is 1. The number of thiophene rings is 1. The van der Waals surface area contributed by atoms with E-state index in [-0.39, 0.29) is 25.6 Å². The molecule has 1 N–H and O–H groups in total. The van der Waals surface area contributed by atoms with E-state index in [0.29, 0.717) is 17.4 Å². The van der Waals surface area contributed by atoms with Gasteiger partial charge in [0.1, 0.15) is 13.2 Å². The Morgan fingerprint density at radius 2 is 1.95 bits per heavy atom. The van der Waals surface area contributed by atoms with E-state index in [1.165, 1.54) is 0 Å². The highest BCUT2D eigenvalue weighted by molar-refractivity contribution is 7.47. The maximum Gasteiger partial charge on any atom is 0.472 e. The predicted molar refractivity (Wildman–Crippen MR) is 72.7 cm³/mol. The minimum atomic E-state index is -3.90. The van der Waals surface area contributed by atoms with Gasteiger partial charge >= 0.3 is 7.82 Å². The van der Waals surface area contributed by atoms with Crippen LogP contribution in [0.25, 0.3) is 0 Å². The van der Waals surface area contributed by atoms with E-state index in [1.807, 2.05) is 38.7 Å². The Bertz CT molecular complexity index is 394. The van der Waals surface area contributed by atoms with Crippen LogP contribution in [0.15, 0.2) is 17.5 Å². The Hall–Kier alpha value is 0.0600. The molecule has 19 heavy (non-hydrogen) atoms. The van der Waals surface area contributed by atoms with Gasteiger partial charge in [-0.05, 0) is 11.4 Å². The molecular weight excluding hydrogens is 309 g/mol. The summed E-state index contributed by atoms with van der Waals surface area (Å²) in [5.74, 6) is 0. The minimum absolute atomic E-state index is 0. The smallest absolute Gasteiger partial charge is 0.472 e. The van der Waals surface area contributed by atoms with Crippen LogP contribution in [-0.2, 0) is 20.0 Å². The first-order chi connectivity index (χ1) is 8.29. The molecule has 1 rings (SSSR count). The topological polar surface area (TPSA) is 55.8 Å². The molecule has 0 bridgehead atoms. The first kappa shape index (κ1) is 19.1. The third kappa shape index (κ3) is 9.57. The van der Waals surface area contributed by atoms with Gasteiger partial charge in [-0.3, -0.25) is 9.05 Å². The van der Waals surface area contributed by atoms with Crippen LogP contribution in [0.5, 0.6) is 0 Å². The quantitative estimate of drug-likeness (QED) is 0.498. The van der Waals surface area contributed by atoms with Crippen LogP contribution in [0.3, 0.4) is 0 Å². The SMILES string of the molecule is C[N+](C)(C)CCOP(=O)(O)OCCc1cccs1.[Cl-]. The summed E-state index contributed by atoms with van der Waals surface area (Å²) in [5.41, 5.74) is 0. The van der Waals surface area contributed by atoms with E-state index in [4.69, 9.17) is 9.05 Å². The molecule has 1 aromatic heterocycles. The van der Waals surface area contributed by atoms with Crippen molar-refractivity contribution in [1.82, 2.24) is 0 Å². The Kier molecular flexibility index (Phi) is 8.40. The van der Waals surface area contributed by atoms with E-state index in [0.717, 1.165) is 4.88 Å². The predicted octanol–water partition coefficient (Wildman–Crippen LogP) is -0.866. The second-order valence-corrected chi connectivity index (χ2v) is 7.46. The summed E-state index contributed by atoms with van der Waals surface area (Å²) in [7, 11) is 2.07. The zero-order valence-corrected chi connectivity index (χ0v) is 13.9. The molecule has 112 valence electrons. The number of nitrogens with zero attached hydrogens (tertiary/aromatic N) is 1. The number of phosphoric acid groups is 1. The van der Waals surface area contributed by atoms with Crippen LogP contribution in [0.4, 0.5) is 0 Å². The molecule has 8 heteroatoms. The molecule has 0 aliphatic heterocycles. The lowest BCUT2D eigenvalue weighted by Crippen LogP contribution is -3.00. The van der Waals surface area contributed by atoms with Crippen molar-refractivity contribution in [3.63, 3.8) is 0 Å². The summed E-state index contributed by atoms with van der Waals surface area (Å²) in [4.78, 5) is 10.6. The average Bonchev–Trinajstić information content (AvgIpc) is 2.67. The molecule has 1 unspecified atom stereocenters. The monoisotopic (exact) mass is 329 g/mol. The molecule has 1 heterocycles. The Balaban J connectivity index is 0.00000324. The lowest BCUT2D eigenvalue weighted by atomic mass is 10.4. The van der Waals surface area contributed by atoms with Crippen molar-refractivity contribution in [2.45, 2.75) is 6.42 Å². The number of rotatable bonds is 8. The fourth-order valence-electron chi connectivity index (χ4n) is 1.18. The van der Waals surface area contributed by atoms with E-state index < -0.39 is 7.82 Å². The number of hydrogen-bond acceptors (Lipinski definition) is 4. The molecule has 0 amide bonds. The number of phosphoric ester groups is 1. The summed E-state index contributed by atoms with van der Waals surface area (Å²) >= 11 is 1.60. The van der Waals surface area contributed by atoms with Crippen molar-refractivity contribution in [3.05, 3.63) is 22.4 Å². The Morgan fingerprint density at radius 1 is 1.32 bits per heavy atom. The molecule has 1 aromatic rings. The normalized spacial score (nSPS) is 14.7. The third-order valence-corrected chi connectivity index (χ3v) is 4.15. The van der Waals surface area contributed by atoms with Crippen molar-refractivity contribution in [2.75, 3.05) is 40.9 Å². The molecular formula is C11H21ClNO4PS. The summed E-state index contributed by atoms with van der Waals surface area (Å²) in [6.07, 6.45) is 0.626. The van der Waals surface area contributed by atoms with E-state index in [2.05, 4.69) is 0 Å². The van der Waals surface area contributed by atoms with E-state index in [1.54, 1.807) is 11.3 Å². The highest BCUT2D eigenvalue weighted by atomic mass is 35.5. The Labute approximate surface area is 124 Å².